The average molecular weight is 478 g/mol. The van der Waals surface area contributed by atoms with Crippen LogP contribution < -0.4 is 10.1 Å². The Morgan fingerprint density at radius 1 is 1.38 bits per heavy atom. The van der Waals surface area contributed by atoms with Crippen LogP contribution in [0.3, 0.4) is 0 Å². The van der Waals surface area contributed by atoms with Gasteiger partial charge in [0.05, 0.1) is 25.0 Å². The first kappa shape index (κ1) is 23.5. The highest BCUT2D eigenvalue weighted by molar-refractivity contribution is 7.16. The second kappa shape index (κ2) is 10.5. The van der Waals surface area contributed by atoms with Gasteiger partial charge in [-0.15, -0.1) is 11.3 Å². The third-order valence-electron chi connectivity index (χ3n) is 5.88. The Hall–Kier alpha value is -3.64. The lowest BCUT2D eigenvalue weighted by Gasteiger charge is -2.27. The van der Waals surface area contributed by atoms with Gasteiger partial charge in [-0.3, -0.25) is 9.59 Å². The minimum Gasteiger partial charge on any atom is -0.494 e. The highest BCUT2D eigenvalue weighted by Crippen LogP contribution is 2.37. The van der Waals surface area contributed by atoms with Crippen molar-refractivity contribution in [3.8, 4) is 11.8 Å². The van der Waals surface area contributed by atoms with Crippen molar-refractivity contribution in [2.24, 2.45) is 0 Å². The average Bonchev–Trinajstić information content (AvgIpc) is 3.45. The van der Waals surface area contributed by atoms with E-state index in [1.54, 1.807) is 28.2 Å². The topological polar surface area (TPSA) is 100 Å². The fraction of sp³-hybridized carbons (Fsp3) is 0.360. The summed E-state index contributed by atoms with van der Waals surface area (Å²) in [6.45, 7) is 5.75. The third kappa shape index (κ3) is 5.29. The van der Waals surface area contributed by atoms with Gasteiger partial charge in [0.25, 0.3) is 0 Å². The van der Waals surface area contributed by atoms with Gasteiger partial charge in [-0.25, -0.2) is 4.98 Å². The van der Waals surface area contributed by atoms with Gasteiger partial charge < -0.3 is 19.5 Å². The molecule has 2 amide bonds. The van der Waals surface area contributed by atoms with Crippen LogP contribution in [0.5, 0.6) is 5.75 Å². The molecule has 0 saturated heterocycles. The molecule has 3 heterocycles. The van der Waals surface area contributed by atoms with Gasteiger partial charge in [-0.1, -0.05) is 19.1 Å². The Labute approximate surface area is 202 Å². The maximum Gasteiger partial charge on any atom is 0.242 e. The number of benzene rings is 1. The summed E-state index contributed by atoms with van der Waals surface area (Å²) in [7, 11) is 0. The van der Waals surface area contributed by atoms with E-state index in [1.807, 2.05) is 38.1 Å². The van der Waals surface area contributed by atoms with Crippen molar-refractivity contribution in [1.82, 2.24) is 14.5 Å². The van der Waals surface area contributed by atoms with Gasteiger partial charge in [0, 0.05) is 30.2 Å². The Morgan fingerprint density at radius 3 is 2.97 bits per heavy atom. The van der Waals surface area contributed by atoms with E-state index in [4.69, 9.17) is 4.74 Å². The molecule has 0 saturated carbocycles. The molecule has 4 rings (SSSR count). The van der Waals surface area contributed by atoms with E-state index in [-0.39, 0.29) is 24.3 Å². The molecule has 1 aliphatic rings. The van der Waals surface area contributed by atoms with E-state index in [0.29, 0.717) is 43.1 Å². The molecule has 0 radical (unpaired) electrons. The van der Waals surface area contributed by atoms with Crippen molar-refractivity contribution in [2.75, 3.05) is 18.5 Å². The Morgan fingerprint density at radius 2 is 2.24 bits per heavy atom. The van der Waals surface area contributed by atoms with Gasteiger partial charge in [-0.2, -0.15) is 5.26 Å². The SMILES string of the molecule is CCOc1cccc([C@@H](C)CC(=O)Nc2sc3c(c2C#N)CCN(C(=O)Cn2ccnc2)C3)c1. The molecule has 3 aromatic rings. The standard InChI is InChI=1S/C25H27N5O3S/c1-3-33-19-6-4-5-18(12-19)17(2)11-23(31)28-25-21(13-26)20-7-9-30(14-22(20)34-25)24(32)15-29-10-8-27-16-29/h4-6,8,10,12,16-17H,3,7,9,11,14-15H2,1-2H3,(H,28,31)/t17-/m0/s1. The number of fused-ring (bicyclic) bond motifs is 1. The lowest BCUT2D eigenvalue weighted by molar-refractivity contribution is -0.132. The first-order chi connectivity index (χ1) is 16.5. The summed E-state index contributed by atoms with van der Waals surface area (Å²) in [6, 6.07) is 10.0. The summed E-state index contributed by atoms with van der Waals surface area (Å²) in [6.07, 6.45) is 5.91. The second-order valence-corrected chi connectivity index (χ2v) is 9.38. The summed E-state index contributed by atoms with van der Waals surface area (Å²) in [5, 5.41) is 13.3. The number of thiophene rings is 1. The predicted molar refractivity (Wildman–Crippen MR) is 130 cm³/mol. The van der Waals surface area contributed by atoms with E-state index in [2.05, 4.69) is 16.4 Å². The minimum absolute atomic E-state index is 0.00295. The molecule has 1 aromatic carbocycles. The van der Waals surface area contributed by atoms with Crippen molar-refractivity contribution in [2.45, 2.75) is 45.7 Å². The van der Waals surface area contributed by atoms with Gasteiger partial charge in [-0.05, 0) is 42.5 Å². The molecular weight excluding hydrogens is 450 g/mol. The lowest BCUT2D eigenvalue weighted by Crippen LogP contribution is -2.37. The number of ether oxygens (including phenoxy) is 1. The first-order valence-corrected chi connectivity index (χ1v) is 12.1. The van der Waals surface area contributed by atoms with E-state index >= 15 is 0 Å². The summed E-state index contributed by atoms with van der Waals surface area (Å²) in [4.78, 5) is 32.2. The van der Waals surface area contributed by atoms with E-state index in [0.717, 1.165) is 21.8 Å². The summed E-state index contributed by atoms with van der Waals surface area (Å²) in [5.41, 5.74) is 2.48. The molecule has 0 unspecified atom stereocenters. The van der Waals surface area contributed by atoms with E-state index in [1.165, 1.54) is 11.3 Å². The van der Waals surface area contributed by atoms with Crippen LogP contribution in [-0.4, -0.2) is 39.4 Å². The molecule has 34 heavy (non-hydrogen) atoms. The number of rotatable bonds is 8. The Bertz CT molecular complexity index is 1210. The molecule has 1 aliphatic heterocycles. The third-order valence-corrected chi connectivity index (χ3v) is 7.01. The zero-order valence-electron chi connectivity index (χ0n) is 19.3. The molecule has 0 aliphatic carbocycles. The molecule has 2 aromatic heterocycles. The number of nitrogens with one attached hydrogen (secondary N) is 1. The number of carbonyl (C=O) groups is 2. The van der Waals surface area contributed by atoms with Crippen LogP contribution in [0.15, 0.2) is 43.0 Å². The molecule has 9 heteroatoms. The quantitative estimate of drug-likeness (QED) is 0.530. The molecule has 1 N–H and O–H groups in total. The van der Waals surface area contributed by atoms with Crippen molar-refractivity contribution in [3.05, 3.63) is 64.6 Å². The molecule has 0 fully saturated rings. The summed E-state index contributed by atoms with van der Waals surface area (Å²) >= 11 is 1.39. The smallest absolute Gasteiger partial charge is 0.242 e. The predicted octanol–water partition coefficient (Wildman–Crippen LogP) is 3.93. The summed E-state index contributed by atoms with van der Waals surface area (Å²) < 4.78 is 7.30. The van der Waals surface area contributed by atoms with Gasteiger partial charge in [0.1, 0.15) is 23.4 Å². The van der Waals surface area contributed by atoms with Crippen LogP contribution >= 0.6 is 11.3 Å². The maximum absolute atomic E-state index is 12.8. The van der Waals surface area contributed by atoms with Gasteiger partial charge >= 0.3 is 0 Å². The number of amides is 2. The van der Waals surface area contributed by atoms with Crippen molar-refractivity contribution < 1.29 is 14.3 Å². The molecule has 1 atom stereocenters. The van der Waals surface area contributed by atoms with Crippen molar-refractivity contribution in [3.63, 3.8) is 0 Å². The van der Waals surface area contributed by atoms with Crippen LogP contribution in [0.4, 0.5) is 5.00 Å². The largest absolute Gasteiger partial charge is 0.494 e. The lowest BCUT2D eigenvalue weighted by atomic mass is 9.97. The van der Waals surface area contributed by atoms with Gasteiger partial charge in [0.15, 0.2) is 0 Å². The maximum atomic E-state index is 12.8. The van der Waals surface area contributed by atoms with Crippen LogP contribution in [0, 0.1) is 11.3 Å². The molecule has 0 bridgehead atoms. The van der Waals surface area contributed by atoms with Crippen LogP contribution in [-0.2, 0) is 29.1 Å². The number of aromatic nitrogens is 2. The minimum atomic E-state index is -0.141. The van der Waals surface area contributed by atoms with Crippen LogP contribution in [0.25, 0.3) is 0 Å². The fourth-order valence-electron chi connectivity index (χ4n) is 4.11. The number of imidazole rings is 1. The van der Waals surface area contributed by atoms with Crippen LogP contribution in [0.1, 0.15) is 47.8 Å². The monoisotopic (exact) mass is 477 g/mol. The normalized spacial score (nSPS) is 13.6. The first-order valence-electron chi connectivity index (χ1n) is 11.3. The van der Waals surface area contributed by atoms with Crippen molar-refractivity contribution in [1.29, 1.82) is 5.26 Å². The zero-order chi connectivity index (χ0) is 24.1. The highest BCUT2D eigenvalue weighted by Gasteiger charge is 2.27. The highest BCUT2D eigenvalue weighted by atomic mass is 32.1. The molecular formula is C25H27N5O3S. The number of nitriles is 1. The zero-order valence-corrected chi connectivity index (χ0v) is 20.1. The Kier molecular flexibility index (Phi) is 7.28. The number of anilines is 1. The fourth-order valence-corrected chi connectivity index (χ4v) is 5.34. The van der Waals surface area contributed by atoms with Crippen LogP contribution in [0.2, 0.25) is 0 Å². The van der Waals surface area contributed by atoms with Gasteiger partial charge in [0.2, 0.25) is 11.8 Å². The van der Waals surface area contributed by atoms with E-state index < -0.39 is 0 Å². The number of hydrogen-bond donors (Lipinski definition) is 1. The Balaban J connectivity index is 1.42. The second-order valence-electron chi connectivity index (χ2n) is 8.28. The molecule has 0 spiro atoms. The number of hydrogen-bond acceptors (Lipinski definition) is 6. The number of nitrogens with zero attached hydrogens (tertiary/aromatic N) is 4. The number of carbonyl (C=O) groups excluding carboxylic acids is 2. The molecule has 8 nitrogen and oxygen atoms in total. The van der Waals surface area contributed by atoms with E-state index in [9.17, 15) is 14.9 Å². The molecule has 176 valence electrons. The van der Waals surface area contributed by atoms with Crippen molar-refractivity contribution >= 4 is 28.2 Å². The summed E-state index contributed by atoms with van der Waals surface area (Å²) in [5.74, 6) is 0.649.